The van der Waals surface area contributed by atoms with E-state index >= 15 is 0 Å². The van der Waals surface area contributed by atoms with Crippen molar-refractivity contribution in [3.63, 3.8) is 0 Å². The van der Waals surface area contributed by atoms with E-state index in [4.69, 9.17) is 11.6 Å². The minimum absolute atomic E-state index is 0.0186. The SMILES string of the molecule is Cc1c(Cl)cccc1S(=O)(=O)NC(=O)c1cccc(-n2cccc2)c1. The predicted octanol–water partition coefficient (Wildman–Crippen LogP) is 3.56. The molecule has 128 valence electrons. The number of sulfonamides is 1. The third kappa shape index (κ3) is 3.60. The van der Waals surface area contributed by atoms with Gasteiger partial charge in [0, 0.05) is 28.7 Å². The summed E-state index contributed by atoms with van der Waals surface area (Å²) in [6, 6.07) is 15.0. The van der Waals surface area contributed by atoms with Crippen molar-refractivity contribution in [3.05, 3.63) is 83.1 Å². The van der Waals surface area contributed by atoms with Crippen LogP contribution in [0.4, 0.5) is 0 Å². The van der Waals surface area contributed by atoms with E-state index in [-0.39, 0.29) is 10.5 Å². The molecule has 7 heteroatoms. The number of nitrogens with zero attached hydrogens (tertiary/aromatic N) is 1. The number of hydrogen-bond donors (Lipinski definition) is 1. The molecule has 1 amide bonds. The Hall–Kier alpha value is -2.57. The van der Waals surface area contributed by atoms with E-state index in [1.54, 1.807) is 31.2 Å². The normalized spacial score (nSPS) is 11.3. The number of nitrogens with one attached hydrogen (secondary N) is 1. The first kappa shape index (κ1) is 17.3. The summed E-state index contributed by atoms with van der Waals surface area (Å²) in [5.74, 6) is -0.701. The lowest BCUT2D eigenvalue weighted by molar-refractivity contribution is 0.0981. The molecule has 0 saturated heterocycles. The predicted molar refractivity (Wildman–Crippen MR) is 96.6 cm³/mol. The number of hydrogen-bond acceptors (Lipinski definition) is 3. The van der Waals surface area contributed by atoms with Crippen LogP contribution >= 0.6 is 11.6 Å². The minimum atomic E-state index is -4.02. The summed E-state index contributed by atoms with van der Waals surface area (Å²) in [4.78, 5) is 12.4. The van der Waals surface area contributed by atoms with Gasteiger partial charge in [-0.1, -0.05) is 23.7 Å². The topological polar surface area (TPSA) is 68.2 Å². The van der Waals surface area contributed by atoms with Crippen LogP contribution in [0, 0.1) is 6.92 Å². The third-order valence-corrected chi connectivity index (χ3v) is 5.63. The van der Waals surface area contributed by atoms with Crippen LogP contribution in [0.15, 0.2) is 71.9 Å². The molecule has 0 atom stereocenters. The van der Waals surface area contributed by atoms with E-state index < -0.39 is 15.9 Å². The molecule has 0 unspecified atom stereocenters. The fraction of sp³-hybridized carbons (Fsp3) is 0.0556. The quantitative estimate of drug-likeness (QED) is 0.759. The van der Waals surface area contributed by atoms with Gasteiger partial charge in [-0.15, -0.1) is 0 Å². The van der Waals surface area contributed by atoms with Gasteiger partial charge in [-0.3, -0.25) is 4.79 Å². The molecule has 3 rings (SSSR count). The Bertz CT molecular complexity index is 1030. The summed E-state index contributed by atoms with van der Waals surface area (Å²) in [5.41, 5.74) is 1.40. The maximum Gasteiger partial charge on any atom is 0.265 e. The molecule has 1 aromatic heterocycles. The van der Waals surface area contributed by atoms with Crippen LogP contribution < -0.4 is 4.72 Å². The van der Waals surface area contributed by atoms with Gasteiger partial charge in [-0.25, -0.2) is 13.1 Å². The summed E-state index contributed by atoms with van der Waals surface area (Å²) >= 11 is 5.97. The van der Waals surface area contributed by atoms with Crippen LogP contribution in [-0.4, -0.2) is 18.9 Å². The molecule has 25 heavy (non-hydrogen) atoms. The molecule has 0 saturated carbocycles. The lowest BCUT2D eigenvalue weighted by atomic mass is 10.2. The molecule has 1 heterocycles. The molecule has 0 fully saturated rings. The zero-order valence-corrected chi connectivity index (χ0v) is 14.9. The fourth-order valence-corrected chi connectivity index (χ4v) is 3.90. The van der Waals surface area contributed by atoms with Crippen molar-refractivity contribution in [2.24, 2.45) is 0 Å². The molecule has 5 nitrogen and oxygen atoms in total. The molecular formula is C18H15ClN2O3S. The molecule has 0 bridgehead atoms. The summed E-state index contributed by atoms with van der Waals surface area (Å²) in [7, 11) is -4.02. The standard InChI is InChI=1S/C18H15ClN2O3S/c1-13-16(19)8-5-9-17(13)25(23,24)20-18(22)14-6-4-7-15(12-14)21-10-2-3-11-21/h2-12H,1H3,(H,20,22). The monoisotopic (exact) mass is 374 g/mol. The van der Waals surface area contributed by atoms with E-state index in [2.05, 4.69) is 4.72 Å². The summed E-state index contributed by atoms with van der Waals surface area (Å²) in [6.45, 7) is 1.59. The van der Waals surface area contributed by atoms with Crippen molar-refractivity contribution < 1.29 is 13.2 Å². The molecule has 0 aliphatic heterocycles. The van der Waals surface area contributed by atoms with Crippen LogP contribution in [0.3, 0.4) is 0 Å². The highest BCUT2D eigenvalue weighted by Gasteiger charge is 2.21. The van der Waals surface area contributed by atoms with E-state index in [1.165, 1.54) is 12.1 Å². The highest BCUT2D eigenvalue weighted by molar-refractivity contribution is 7.90. The second-order valence-corrected chi connectivity index (χ2v) is 7.50. The van der Waals surface area contributed by atoms with Crippen LogP contribution in [-0.2, 0) is 10.0 Å². The van der Waals surface area contributed by atoms with Gasteiger partial charge in [0.1, 0.15) is 0 Å². The van der Waals surface area contributed by atoms with Crippen LogP contribution in [0.5, 0.6) is 0 Å². The Morgan fingerprint density at radius 3 is 2.44 bits per heavy atom. The Labute approximate surface area is 150 Å². The van der Waals surface area contributed by atoms with Gasteiger partial charge in [-0.05, 0) is 55.0 Å². The summed E-state index contributed by atoms with van der Waals surface area (Å²) < 4.78 is 28.9. The molecule has 0 aliphatic carbocycles. The lowest BCUT2D eigenvalue weighted by Crippen LogP contribution is -2.31. The average Bonchev–Trinajstić information content (AvgIpc) is 3.11. The van der Waals surface area contributed by atoms with Crippen LogP contribution in [0.2, 0.25) is 5.02 Å². The van der Waals surface area contributed by atoms with E-state index in [9.17, 15) is 13.2 Å². The van der Waals surface area contributed by atoms with Crippen LogP contribution in [0.25, 0.3) is 5.69 Å². The van der Waals surface area contributed by atoms with Gasteiger partial charge in [0.2, 0.25) is 0 Å². The van der Waals surface area contributed by atoms with E-state index in [1.807, 2.05) is 35.2 Å². The van der Waals surface area contributed by atoms with Crippen LogP contribution in [0.1, 0.15) is 15.9 Å². The number of rotatable bonds is 4. The van der Waals surface area contributed by atoms with Gasteiger partial charge in [0.25, 0.3) is 15.9 Å². The summed E-state index contributed by atoms with van der Waals surface area (Å²) in [5, 5.41) is 0.324. The van der Waals surface area contributed by atoms with Crippen molar-refractivity contribution in [3.8, 4) is 5.69 Å². The average molecular weight is 375 g/mol. The Balaban J connectivity index is 1.89. The molecular weight excluding hydrogens is 360 g/mol. The Kier molecular flexibility index (Phi) is 4.65. The van der Waals surface area contributed by atoms with Crippen molar-refractivity contribution in [2.75, 3.05) is 0 Å². The second kappa shape index (κ2) is 6.74. The molecule has 1 N–H and O–H groups in total. The van der Waals surface area contributed by atoms with E-state index in [0.29, 0.717) is 10.6 Å². The zero-order chi connectivity index (χ0) is 18.0. The minimum Gasteiger partial charge on any atom is -0.324 e. The molecule has 0 radical (unpaired) electrons. The number of carbonyl (C=O) groups excluding carboxylic acids is 1. The van der Waals surface area contributed by atoms with Crippen molar-refractivity contribution >= 4 is 27.5 Å². The Morgan fingerprint density at radius 1 is 1.04 bits per heavy atom. The van der Waals surface area contributed by atoms with Gasteiger partial charge in [0.15, 0.2) is 0 Å². The maximum absolute atomic E-state index is 12.5. The lowest BCUT2D eigenvalue weighted by Gasteiger charge is -2.11. The number of benzene rings is 2. The number of aromatic nitrogens is 1. The second-order valence-electron chi connectivity index (χ2n) is 5.44. The molecule has 0 aliphatic rings. The number of amides is 1. The smallest absolute Gasteiger partial charge is 0.265 e. The van der Waals surface area contributed by atoms with Crippen molar-refractivity contribution in [2.45, 2.75) is 11.8 Å². The molecule has 0 spiro atoms. The zero-order valence-electron chi connectivity index (χ0n) is 13.3. The maximum atomic E-state index is 12.5. The Morgan fingerprint density at radius 2 is 1.72 bits per heavy atom. The first-order valence-electron chi connectivity index (χ1n) is 7.44. The molecule has 2 aromatic carbocycles. The number of carbonyl (C=O) groups is 1. The van der Waals surface area contributed by atoms with Gasteiger partial charge < -0.3 is 4.57 Å². The molecule has 3 aromatic rings. The summed E-state index contributed by atoms with van der Waals surface area (Å²) in [6.07, 6.45) is 3.67. The van der Waals surface area contributed by atoms with Crippen molar-refractivity contribution in [1.29, 1.82) is 0 Å². The van der Waals surface area contributed by atoms with Gasteiger partial charge >= 0.3 is 0 Å². The fourth-order valence-electron chi connectivity index (χ4n) is 2.43. The highest BCUT2D eigenvalue weighted by atomic mass is 35.5. The van der Waals surface area contributed by atoms with E-state index in [0.717, 1.165) is 5.69 Å². The number of halogens is 1. The first-order chi connectivity index (χ1) is 11.9. The third-order valence-electron chi connectivity index (χ3n) is 3.75. The highest BCUT2D eigenvalue weighted by Crippen LogP contribution is 2.23. The largest absolute Gasteiger partial charge is 0.324 e. The van der Waals surface area contributed by atoms with Crippen molar-refractivity contribution in [1.82, 2.24) is 9.29 Å². The first-order valence-corrected chi connectivity index (χ1v) is 9.30. The van der Waals surface area contributed by atoms with Gasteiger partial charge in [0.05, 0.1) is 4.90 Å². The van der Waals surface area contributed by atoms with Gasteiger partial charge in [-0.2, -0.15) is 0 Å².